The number of nitrogens with one attached hydrogen (secondary N) is 2. The summed E-state index contributed by atoms with van der Waals surface area (Å²) >= 11 is 8.25. The minimum Gasteiger partial charge on any atom is -0.331 e. The molecule has 0 aliphatic carbocycles. The Balaban J connectivity index is 2.87. The van der Waals surface area contributed by atoms with Gasteiger partial charge in [0.1, 0.15) is 0 Å². The van der Waals surface area contributed by atoms with Crippen LogP contribution in [0.1, 0.15) is 5.56 Å². The maximum Gasteiger partial charge on any atom is 0.185 e. The monoisotopic (exact) mass is 259 g/mol. The van der Waals surface area contributed by atoms with Crippen LogP contribution in [-0.2, 0) is 0 Å². The molecule has 70 valence electrons. The molecule has 0 atom stereocenters. The van der Waals surface area contributed by atoms with Gasteiger partial charge in [-0.05, 0) is 36.8 Å². The van der Waals surface area contributed by atoms with Gasteiger partial charge in [0.15, 0.2) is 5.11 Å². The third kappa shape index (κ3) is 2.95. The molecule has 1 rings (SSSR count). The molecule has 0 aliphatic heterocycles. The number of nitrogens with two attached hydrogens (primary N) is 1. The zero-order chi connectivity index (χ0) is 9.84. The zero-order valence-corrected chi connectivity index (χ0v) is 9.50. The van der Waals surface area contributed by atoms with Crippen LogP contribution in [0.15, 0.2) is 22.7 Å². The van der Waals surface area contributed by atoms with Gasteiger partial charge in [-0.2, -0.15) is 0 Å². The highest BCUT2D eigenvalue weighted by atomic mass is 79.9. The van der Waals surface area contributed by atoms with Crippen LogP contribution < -0.4 is 16.6 Å². The molecule has 0 fully saturated rings. The van der Waals surface area contributed by atoms with E-state index in [1.54, 1.807) is 0 Å². The second kappa shape index (κ2) is 4.55. The molecule has 0 saturated heterocycles. The summed E-state index contributed by atoms with van der Waals surface area (Å²) in [5, 5.41) is 3.37. The first-order valence-electron chi connectivity index (χ1n) is 3.67. The lowest BCUT2D eigenvalue weighted by Gasteiger charge is -2.09. The number of aryl methyl sites for hydroxylation is 1. The number of hydrogen-bond acceptors (Lipinski definition) is 2. The van der Waals surface area contributed by atoms with E-state index in [4.69, 9.17) is 18.1 Å². The number of benzene rings is 1. The number of anilines is 1. The van der Waals surface area contributed by atoms with Gasteiger partial charge in [-0.15, -0.1) is 0 Å². The van der Waals surface area contributed by atoms with Crippen molar-refractivity contribution >= 4 is 38.9 Å². The van der Waals surface area contributed by atoms with Crippen LogP contribution in [0.3, 0.4) is 0 Å². The Morgan fingerprint density at radius 1 is 1.54 bits per heavy atom. The van der Waals surface area contributed by atoms with Crippen LogP contribution in [0.5, 0.6) is 0 Å². The summed E-state index contributed by atoms with van der Waals surface area (Å²) in [5.41, 5.74) is 4.42. The number of halogens is 1. The van der Waals surface area contributed by atoms with E-state index in [1.165, 1.54) is 0 Å². The van der Waals surface area contributed by atoms with Gasteiger partial charge in [0, 0.05) is 10.2 Å². The number of hydrazine groups is 1. The van der Waals surface area contributed by atoms with E-state index in [-0.39, 0.29) is 0 Å². The molecule has 0 spiro atoms. The molecular weight excluding hydrogens is 250 g/mol. The van der Waals surface area contributed by atoms with Crippen molar-refractivity contribution in [3.05, 3.63) is 28.2 Å². The van der Waals surface area contributed by atoms with Gasteiger partial charge in [-0.25, -0.2) is 5.84 Å². The second-order valence-electron chi connectivity index (χ2n) is 2.56. The molecule has 0 radical (unpaired) electrons. The van der Waals surface area contributed by atoms with E-state index < -0.39 is 0 Å². The summed E-state index contributed by atoms with van der Waals surface area (Å²) in [7, 11) is 0. The number of rotatable bonds is 1. The minimum atomic E-state index is 0.404. The largest absolute Gasteiger partial charge is 0.331 e. The summed E-state index contributed by atoms with van der Waals surface area (Å²) in [6.45, 7) is 1.99. The molecule has 0 unspecified atom stereocenters. The fourth-order valence-corrected chi connectivity index (χ4v) is 1.36. The van der Waals surface area contributed by atoms with Gasteiger partial charge in [0.25, 0.3) is 0 Å². The Morgan fingerprint density at radius 2 is 2.23 bits per heavy atom. The highest BCUT2D eigenvalue weighted by molar-refractivity contribution is 9.10. The lowest BCUT2D eigenvalue weighted by Crippen LogP contribution is -2.34. The molecule has 0 saturated carbocycles. The normalized spacial score (nSPS) is 9.46. The molecule has 0 heterocycles. The molecule has 0 amide bonds. The smallest absolute Gasteiger partial charge is 0.185 e. The van der Waals surface area contributed by atoms with Gasteiger partial charge in [-0.3, -0.25) is 0 Å². The molecule has 0 bridgehead atoms. The third-order valence-electron chi connectivity index (χ3n) is 1.58. The van der Waals surface area contributed by atoms with Crippen molar-refractivity contribution in [3.63, 3.8) is 0 Å². The predicted molar refractivity (Wildman–Crippen MR) is 62.4 cm³/mol. The Morgan fingerprint density at radius 3 is 2.85 bits per heavy atom. The van der Waals surface area contributed by atoms with E-state index in [9.17, 15) is 0 Å². The van der Waals surface area contributed by atoms with E-state index in [0.29, 0.717) is 5.11 Å². The molecule has 13 heavy (non-hydrogen) atoms. The van der Waals surface area contributed by atoms with E-state index in [0.717, 1.165) is 15.7 Å². The lowest BCUT2D eigenvalue weighted by molar-refractivity contribution is 1.04. The topological polar surface area (TPSA) is 50.1 Å². The molecule has 0 aliphatic rings. The summed E-state index contributed by atoms with van der Waals surface area (Å²) in [5.74, 6) is 5.14. The van der Waals surface area contributed by atoms with Crippen molar-refractivity contribution in [3.8, 4) is 0 Å². The molecule has 4 N–H and O–H groups in total. The molecule has 3 nitrogen and oxygen atoms in total. The van der Waals surface area contributed by atoms with Crippen LogP contribution in [0, 0.1) is 6.92 Å². The molecular formula is C8H10BrN3S. The first-order valence-corrected chi connectivity index (χ1v) is 4.87. The Bertz CT molecular complexity index is 327. The highest BCUT2D eigenvalue weighted by Gasteiger charge is 1.99. The summed E-state index contributed by atoms with van der Waals surface area (Å²) < 4.78 is 1.00. The first kappa shape index (κ1) is 10.4. The van der Waals surface area contributed by atoms with Crippen LogP contribution >= 0.6 is 28.1 Å². The fourth-order valence-electron chi connectivity index (χ4n) is 0.887. The standard InChI is InChI=1S/C8H10BrN3S/c1-5-2-3-6(9)4-7(5)11-8(13)12-10/h2-4H,10H2,1H3,(H2,11,12,13). The van der Waals surface area contributed by atoms with Crippen LogP contribution in [-0.4, -0.2) is 5.11 Å². The quantitative estimate of drug-likeness (QED) is 0.410. The average molecular weight is 260 g/mol. The molecule has 1 aromatic carbocycles. The van der Waals surface area contributed by atoms with E-state index in [1.807, 2.05) is 25.1 Å². The van der Waals surface area contributed by atoms with Gasteiger partial charge in [-0.1, -0.05) is 22.0 Å². The molecule has 5 heteroatoms. The van der Waals surface area contributed by atoms with Gasteiger partial charge < -0.3 is 10.7 Å². The summed E-state index contributed by atoms with van der Waals surface area (Å²) in [6, 6.07) is 5.91. The van der Waals surface area contributed by atoms with Crippen molar-refractivity contribution < 1.29 is 0 Å². The maximum absolute atomic E-state index is 5.14. The van der Waals surface area contributed by atoms with Gasteiger partial charge in [0.05, 0.1) is 0 Å². The average Bonchev–Trinajstić information content (AvgIpc) is 2.11. The van der Waals surface area contributed by atoms with Crippen molar-refractivity contribution in [2.24, 2.45) is 5.84 Å². The second-order valence-corrected chi connectivity index (χ2v) is 3.88. The Hall–Kier alpha value is -0.650. The summed E-state index contributed by atoms with van der Waals surface area (Å²) in [6.07, 6.45) is 0. The fraction of sp³-hybridized carbons (Fsp3) is 0.125. The third-order valence-corrected chi connectivity index (χ3v) is 2.29. The van der Waals surface area contributed by atoms with Crippen molar-refractivity contribution in [2.45, 2.75) is 6.92 Å². The summed E-state index contributed by atoms with van der Waals surface area (Å²) in [4.78, 5) is 0. The Labute approximate surface area is 90.8 Å². The number of hydrogen-bond donors (Lipinski definition) is 3. The van der Waals surface area contributed by atoms with Crippen molar-refractivity contribution in [1.29, 1.82) is 0 Å². The van der Waals surface area contributed by atoms with Gasteiger partial charge in [0.2, 0.25) is 0 Å². The zero-order valence-electron chi connectivity index (χ0n) is 7.10. The lowest BCUT2D eigenvalue weighted by atomic mass is 10.2. The molecule has 0 aromatic heterocycles. The molecule has 1 aromatic rings. The van der Waals surface area contributed by atoms with Crippen LogP contribution in [0.2, 0.25) is 0 Å². The van der Waals surface area contributed by atoms with Crippen molar-refractivity contribution in [2.75, 3.05) is 5.32 Å². The SMILES string of the molecule is Cc1ccc(Br)cc1NC(=S)NN. The van der Waals surface area contributed by atoms with Crippen LogP contribution in [0.25, 0.3) is 0 Å². The van der Waals surface area contributed by atoms with E-state index >= 15 is 0 Å². The minimum absolute atomic E-state index is 0.404. The highest BCUT2D eigenvalue weighted by Crippen LogP contribution is 2.20. The maximum atomic E-state index is 5.14. The Kier molecular flexibility index (Phi) is 3.65. The van der Waals surface area contributed by atoms with Crippen molar-refractivity contribution in [1.82, 2.24) is 5.43 Å². The number of thiocarbonyl (C=S) groups is 1. The first-order chi connectivity index (χ1) is 6.13. The van der Waals surface area contributed by atoms with E-state index in [2.05, 4.69) is 26.7 Å². The predicted octanol–water partition coefficient (Wildman–Crippen LogP) is 1.92. The van der Waals surface area contributed by atoms with Gasteiger partial charge >= 0.3 is 0 Å². The van der Waals surface area contributed by atoms with Crippen LogP contribution in [0.4, 0.5) is 5.69 Å².